The molecule has 0 fully saturated rings. The number of aryl methyl sites for hydroxylation is 1. The van der Waals surface area contributed by atoms with Crippen molar-refractivity contribution in [1.29, 1.82) is 0 Å². The van der Waals surface area contributed by atoms with Crippen molar-refractivity contribution in [3.8, 4) is 0 Å². The zero-order valence-corrected chi connectivity index (χ0v) is 14.9. The summed E-state index contributed by atoms with van der Waals surface area (Å²) in [6.07, 6.45) is 6.23. The van der Waals surface area contributed by atoms with Crippen molar-refractivity contribution < 1.29 is 9.53 Å². The standard InChI is InChI=1S/C18H24N4O2/c1-11-6-7-13(9-22(11)17(23)24-18(3,4)5)14-8-19-16-15(14)12(2)20-10-21-16/h7-8,10-11H,6,9H2,1-5H3,(H,19,20,21). The molecule has 3 rings (SSSR count). The second kappa shape index (κ2) is 5.92. The van der Waals surface area contributed by atoms with Crippen LogP contribution in [0.15, 0.2) is 18.6 Å². The van der Waals surface area contributed by atoms with Gasteiger partial charge in [-0.3, -0.25) is 0 Å². The molecule has 0 aliphatic carbocycles. The van der Waals surface area contributed by atoms with Gasteiger partial charge in [0, 0.05) is 29.7 Å². The van der Waals surface area contributed by atoms with Crippen molar-refractivity contribution in [3.05, 3.63) is 29.9 Å². The van der Waals surface area contributed by atoms with Crippen LogP contribution >= 0.6 is 0 Å². The first-order chi connectivity index (χ1) is 11.3. The Morgan fingerprint density at radius 1 is 1.38 bits per heavy atom. The molecular weight excluding hydrogens is 304 g/mol. The maximum atomic E-state index is 12.5. The summed E-state index contributed by atoms with van der Waals surface area (Å²) < 4.78 is 5.55. The monoisotopic (exact) mass is 328 g/mol. The van der Waals surface area contributed by atoms with Crippen LogP contribution in [-0.2, 0) is 4.74 Å². The number of hydrogen-bond acceptors (Lipinski definition) is 4. The lowest BCUT2D eigenvalue weighted by Crippen LogP contribution is -2.44. The average molecular weight is 328 g/mol. The quantitative estimate of drug-likeness (QED) is 0.867. The van der Waals surface area contributed by atoms with Crippen molar-refractivity contribution in [2.24, 2.45) is 0 Å². The smallest absolute Gasteiger partial charge is 0.410 e. The lowest BCUT2D eigenvalue weighted by molar-refractivity contribution is 0.0201. The molecule has 1 aliphatic heterocycles. The van der Waals surface area contributed by atoms with Crippen LogP contribution in [0, 0.1) is 6.92 Å². The van der Waals surface area contributed by atoms with Gasteiger partial charge < -0.3 is 14.6 Å². The molecule has 6 nitrogen and oxygen atoms in total. The Bertz CT molecular complexity index is 801. The second-order valence-corrected chi connectivity index (χ2v) is 7.31. The normalized spacial score (nSPS) is 18.6. The molecule has 1 aliphatic rings. The van der Waals surface area contributed by atoms with E-state index < -0.39 is 5.60 Å². The predicted octanol–water partition coefficient (Wildman–Crippen LogP) is 3.68. The molecule has 128 valence electrons. The summed E-state index contributed by atoms with van der Waals surface area (Å²) in [4.78, 5) is 26.1. The number of nitrogens with zero attached hydrogens (tertiary/aromatic N) is 3. The highest BCUT2D eigenvalue weighted by Crippen LogP contribution is 2.30. The third-order valence-electron chi connectivity index (χ3n) is 4.21. The Kier molecular flexibility index (Phi) is 4.07. The van der Waals surface area contributed by atoms with Gasteiger partial charge in [0.05, 0.1) is 5.69 Å². The van der Waals surface area contributed by atoms with Crippen molar-refractivity contribution in [2.45, 2.75) is 52.7 Å². The van der Waals surface area contributed by atoms with E-state index in [1.807, 2.05) is 40.8 Å². The minimum Gasteiger partial charge on any atom is -0.444 e. The van der Waals surface area contributed by atoms with Crippen molar-refractivity contribution >= 4 is 22.7 Å². The van der Waals surface area contributed by atoms with Gasteiger partial charge in [-0.25, -0.2) is 14.8 Å². The summed E-state index contributed by atoms with van der Waals surface area (Å²) in [6.45, 7) is 10.2. The lowest BCUT2D eigenvalue weighted by Gasteiger charge is -2.34. The Labute approximate surface area is 141 Å². The number of amides is 1. The number of fused-ring (bicyclic) bond motifs is 1. The lowest BCUT2D eigenvalue weighted by atomic mass is 9.97. The molecule has 0 saturated heterocycles. The minimum absolute atomic E-state index is 0.117. The highest BCUT2D eigenvalue weighted by atomic mass is 16.6. The number of ether oxygens (including phenoxy) is 1. The Balaban J connectivity index is 1.91. The van der Waals surface area contributed by atoms with Gasteiger partial charge >= 0.3 is 6.09 Å². The third-order valence-corrected chi connectivity index (χ3v) is 4.21. The van der Waals surface area contributed by atoms with Crippen LogP contribution in [0.4, 0.5) is 4.79 Å². The molecule has 0 saturated carbocycles. The number of aromatic amines is 1. The van der Waals surface area contributed by atoms with Crippen molar-refractivity contribution in [2.75, 3.05) is 6.54 Å². The van der Waals surface area contributed by atoms with Crippen LogP contribution in [0.1, 0.15) is 45.4 Å². The molecule has 0 radical (unpaired) electrons. The minimum atomic E-state index is -0.497. The van der Waals surface area contributed by atoms with Crippen LogP contribution in [0.3, 0.4) is 0 Å². The summed E-state index contributed by atoms with van der Waals surface area (Å²) in [6, 6.07) is 0.117. The zero-order chi connectivity index (χ0) is 17.5. The molecule has 6 heteroatoms. The molecule has 0 aromatic carbocycles. The van der Waals surface area contributed by atoms with E-state index in [0.29, 0.717) is 6.54 Å². The van der Waals surface area contributed by atoms with E-state index in [-0.39, 0.29) is 12.1 Å². The molecule has 1 N–H and O–H groups in total. The topological polar surface area (TPSA) is 71.1 Å². The Morgan fingerprint density at radius 2 is 2.12 bits per heavy atom. The molecule has 3 heterocycles. The van der Waals surface area contributed by atoms with Gasteiger partial charge in [0.2, 0.25) is 0 Å². The van der Waals surface area contributed by atoms with Gasteiger partial charge in [-0.05, 0) is 46.6 Å². The van der Waals surface area contributed by atoms with Crippen molar-refractivity contribution in [3.63, 3.8) is 0 Å². The number of rotatable bonds is 1. The second-order valence-electron chi connectivity index (χ2n) is 7.31. The highest BCUT2D eigenvalue weighted by Gasteiger charge is 2.29. The zero-order valence-electron chi connectivity index (χ0n) is 14.9. The summed E-state index contributed by atoms with van der Waals surface area (Å²) in [5, 5.41) is 1.02. The van der Waals surface area contributed by atoms with E-state index in [1.54, 1.807) is 11.2 Å². The number of aromatic nitrogens is 3. The van der Waals surface area contributed by atoms with Gasteiger partial charge in [-0.2, -0.15) is 0 Å². The summed E-state index contributed by atoms with van der Waals surface area (Å²) in [7, 11) is 0. The first-order valence-corrected chi connectivity index (χ1v) is 8.24. The van der Waals surface area contributed by atoms with Crippen LogP contribution in [0.5, 0.6) is 0 Å². The number of carbonyl (C=O) groups is 1. The fraction of sp³-hybridized carbons (Fsp3) is 0.500. The molecule has 0 spiro atoms. The predicted molar refractivity (Wildman–Crippen MR) is 93.6 cm³/mol. The van der Waals surface area contributed by atoms with Crippen LogP contribution in [0.2, 0.25) is 0 Å². The molecule has 1 unspecified atom stereocenters. The summed E-state index contributed by atoms with van der Waals surface area (Å²) >= 11 is 0. The van der Waals surface area contributed by atoms with Crippen molar-refractivity contribution in [1.82, 2.24) is 19.9 Å². The number of nitrogens with one attached hydrogen (secondary N) is 1. The number of H-pyrrole nitrogens is 1. The van der Waals surface area contributed by atoms with Gasteiger partial charge in [-0.15, -0.1) is 0 Å². The van der Waals surface area contributed by atoms with Crippen LogP contribution < -0.4 is 0 Å². The van der Waals surface area contributed by atoms with E-state index in [9.17, 15) is 4.79 Å². The fourth-order valence-corrected chi connectivity index (χ4v) is 2.98. The van der Waals surface area contributed by atoms with Crippen LogP contribution in [-0.4, -0.2) is 44.1 Å². The van der Waals surface area contributed by atoms with Gasteiger partial charge in [0.25, 0.3) is 0 Å². The van der Waals surface area contributed by atoms with E-state index in [0.717, 1.165) is 34.3 Å². The van der Waals surface area contributed by atoms with E-state index in [4.69, 9.17) is 4.74 Å². The third kappa shape index (κ3) is 3.13. The fourth-order valence-electron chi connectivity index (χ4n) is 2.98. The SMILES string of the molecule is Cc1ncnc2[nH]cc(C3=CCC(C)N(C(=O)OC(C)(C)C)C3)c12. The highest BCUT2D eigenvalue weighted by molar-refractivity contribution is 5.93. The molecule has 2 aromatic heterocycles. The molecular formula is C18H24N4O2. The number of hydrogen-bond donors (Lipinski definition) is 1. The average Bonchev–Trinajstić information content (AvgIpc) is 2.91. The largest absolute Gasteiger partial charge is 0.444 e. The maximum absolute atomic E-state index is 12.5. The first kappa shape index (κ1) is 16.5. The number of carbonyl (C=O) groups excluding carboxylic acids is 1. The molecule has 1 atom stereocenters. The van der Waals surface area contributed by atoms with E-state index >= 15 is 0 Å². The van der Waals surface area contributed by atoms with Gasteiger partial charge in [-0.1, -0.05) is 6.08 Å². The maximum Gasteiger partial charge on any atom is 0.410 e. The summed E-state index contributed by atoms with van der Waals surface area (Å²) in [5.41, 5.74) is 3.41. The molecule has 24 heavy (non-hydrogen) atoms. The molecule has 1 amide bonds. The molecule has 2 aromatic rings. The van der Waals surface area contributed by atoms with Gasteiger partial charge in [0.15, 0.2) is 0 Å². The van der Waals surface area contributed by atoms with Crippen LogP contribution in [0.25, 0.3) is 16.6 Å². The Hall–Kier alpha value is -2.37. The first-order valence-electron chi connectivity index (χ1n) is 8.24. The van der Waals surface area contributed by atoms with Gasteiger partial charge in [0.1, 0.15) is 17.6 Å². The Morgan fingerprint density at radius 3 is 2.83 bits per heavy atom. The molecule has 0 bridgehead atoms. The summed E-state index contributed by atoms with van der Waals surface area (Å²) in [5.74, 6) is 0. The van der Waals surface area contributed by atoms with E-state index in [2.05, 4.69) is 21.0 Å². The van der Waals surface area contributed by atoms with E-state index in [1.165, 1.54) is 0 Å².